The van der Waals surface area contributed by atoms with Gasteiger partial charge in [0.25, 0.3) is 17.0 Å². The Morgan fingerprint density at radius 2 is 1.97 bits per heavy atom. The molecule has 2 aliphatic rings. The van der Waals surface area contributed by atoms with Gasteiger partial charge in [-0.05, 0) is 30.3 Å². The average molecular weight is 425 g/mol. The molecule has 0 radical (unpaired) electrons. The summed E-state index contributed by atoms with van der Waals surface area (Å²) < 4.78 is 22.4. The van der Waals surface area contributed by atoms with Crippen LogP contribution in [0.2, 0.25) is 0 Å². The van der Waals surface area contributed by atoms with Crippen molar-refractivity contribution in [3.05, 3.63) is 53.9 Å². The predicted molar refractivity (Wildman–Crippen MR) is 105 cm³/mol. The van der Waals surface area contributed by atoms with E-state index < -0.39 is 6.10 Å². The number of fused-ring (bicyclic) bond motifs is 2. The molecule has 0 bridgehead atoms. The maximum Gasteiger partial charge on any atom is 0.277 e. The van der Waals surface area contributed by atoms with Crippen molar-refractivity contribution >= 4 is 29.1 Å². The Bertz CT molecular complexity index is 1130. The lowest BCUT2D eigenvalue weighted by Gasteiger charge is -2.23. The van der Waals surface area contributed by atoms with Crippen LogP contribution in [0.4, 0.5) is 5.69 Å². The minimum absolute atomic E-state index is 0.0308. The van der Waals surface area contributed by atoms with Gasteiger partial charge in [-0.2, -0.15) is 0 Å². The summed E-state index contributed by atoms with van der Waals surface area (Å²) in [5.41, 5.74) is 0.935. The number of nitrogens with one attached hydrogen (secondary N) is 1. The summed E-state index contributed by atoms with van der Waals surface area (Å²) in [6, 6.07) is 12.3. The van der Waals surface area contributed by atoms with Gasteiger partial charge in [-0.1, -0.05) is 23.9 Å². The normalized spacial score (nSPS) is 16.9. The SMILES string of the molecule is O=C1COc2ccc(C(=O)CSc3nnc([C@H]4COc5ccccc5O4)o3)cc2N1. The van der Waals surface area contributed by atoms with E-state index in [9.17, 15) is 9.59 Å². The summed E-state index contributed by atoms with van der Waals surface area (Å²) in [4.78, 5) is 24.0. The van der Waals surface area contributed by atoms with Crippen molar-refractivity contribution in [1.82, 2.24) is 10.2 Å². The predicted octanol–water partition coefficient (Wildman–Crippen LogP) is 2.89. The Balaban J connectivity index is 1.22. The first-order valence-corrected chi connectivity index (χ1v) is 10.1. The van der Waals surface area contributed by atoms with Gasteiger partial charge in [-0.15, -0.1) is 10.2 Å². The number of ketones is 1. The summed E-state index contributed by atoms with van der Waals surface area (Å²) >= 11 is 1.13. The fourth-order valence-electron chi connectivity index (χ4n) is 3.02. The van der Waals surface area contributed by atoms with Gasteiger partial charge in [0.2, 0.25) is 6.10 Å². The van der Waals surface area contributed by atoms with Gasteiger partial charge >= 0.3 is 0 Å². The van der Waals surface area contributed by atoms with Gasteiger partial charge in [0, 0.05) is 5.56 Å². The first-order valence-electron chi connectivity index (χ1n) is 9.10. The smallest absolute Gasteiger partial charge is 0.277 e. The summed E-state index contributed by atoms with van der Waals surface area (Å²) in [5, 5.41) is 10.9. The fraction of sp³-hybridized carbons (Fsp3) is 0.200. The van der Waals surface area contributed by atoms with Crippen LogP contribution < -0.4 is 19.5 Å². The molecule has 0 spiro atoms. The highest BCUT2D eigenvalue weighted by Gasteiger charge is 2.27. The first-order chi connectivity index (χ1) is 14.7. The minimum atomic E-state index is -0.512. The van der Waals surface area contributed by atoms with Crippen LogP contribution in [0.5, 0.6) is 17.2 Å². The highest BCUT2D eigenvalue weighted by Crippen LogP contribution is 2.36. The number of thioether (sulfide) groups is 1. The quantitative estimate of drug-likeness (QED) is 0.487. The fourth-order valence-corrected chi connectivity index (χ4v) is 3.68. The lowest BCUT2D eigenvalue weighted by atomic mass is 10.1. The van der Waals surface area contributed by atoms with Gasteiger partial charge in [0.1, 0.15) is 12.4 Å². The third-order valence-corrected chi connectivity index (χ3v) is 5.29. The summed E-state index contributed by atoms with van der Waals surface area (Å²) in [5.74, 6) is 1.80. The molecule has 2 aliphatic heterocycles. The van der Waals surface area contributed by atoms with Crippen LogP contribution in [0, 0.1) is 0 Å². The van der Waals surface area contributed by atoms with Gasteiger partial charge in [-0.3, -0.25) is 9.59 Å². The van der Waals surface area contributed by atoms with E-state index in [2.05, 4.69) is 15.5 Å². The number of amides is 1. The van der Waals surface area contributed by atoms with E-state index in [0.717, 1.165) is 11.8 Å². The molecule has 1 N–H and O–H groups in total. The number of carbonyl (C=O) groups excluding carboxylic acids is 2. The minimum Gasteiger partial charge on any atom is -0.485 e. The molecule has 1 atom stereocenters. The molecule has 30 heavy (non-hydrogen) atoms. The molecule has 9 nitrogen and oxygen atoms in total. The molecular weight excluding hydrogens is 410 g/mol. The van der Waals surface area contributed by atoms with Crippen molar-refractivity contribution in [1.29, 1.82) is 0 Å². The number of rotatable bonds is 5. The number of benzene rings is 2. The van der Waals surface area contributed by atoms with E-state index in [4.69, 9.17) is 18.6 Å². The van der Waals surface area contributed by atoms with Gasteiger partial charge in [0.05, 0.1) is 11.4 Å². The number of aromatic nitrogens is 2. The molecule has 10 heteroatoms. The molecule has 0 saturated heterocycles. The lowest BCUT2D eigenvalue weighted by Crippen LogP contribution is -2.25. The van der Waals surface area contributed by atoms with E-state index >= 15 is 0 Å². The molecule has 1 amide bonds. The molecule has 0 unspecified atom stereocenters. The number of ether oxygens (including phenoxy) is 3. The standard InChI is InChI=1S/C20H15N3O6S/c24-13(11-5-6-14-12(7-11)21-18(25)9-27-14)10-30-20-23-22-19(29-20)17-8-26-15-3-1-2-4-16(15)28-17/h1-7,17H,8-10H2,(H,21,25)/t17-/m1/s1. The molecular formula is C20H15N3O6S. The van der Waals surface area contributed by atoms with Crippen LogP contribution >= 0.6 is 11.8 Å². The molecule has 5 rings (SSSR count). The Kier molecular flexibility index (Phi) is 4.75. The third kappa shape index (κ3) is 3.69. The zero-order valence-corrected chi connectivity index (χ0v) is 16.3. The Labute approximate surface area is 174 Å². The summed E-state index contributed by atoms with van der Waals surface area (Å²) in [7, 11) is 0. The van der Waals surface area contributed by atoms with Crippen molar-refractivity contribution < 1.29 is 28.2 Å². The number of anilines is 1. The average Bonchev–Trinajstić information content (AvgIpc) is 3.25. The van der Waals surface area contributed by atoms with Crippen LogP contribution in [0.1, 0.15) is 22.4 Å². The molecule has 0 aliphatic carbocycles. The number of Topliss-reactive ketones (excluding diaryl/α,β-unsaturated/α-hetero) is 1. The first kappa shape index (κ1) is 18.5. The van der Waals surface area contributed by atoms with Gasteiger partial charge in [0.15, 0.2) is 23.9 Å². The van der Waals surface area contributed by atoms with Gasteiger partial charge in [-0.25, -0.2) is 0 Å². The molecule has 3 aromatic rings. The van der Waals surface area contributed by atoms with Crippen LogP contribution in [0.25, 0.3) is 0 Å². The van der Waals surface area contributed by atoms with Crippen molar-refractivity contribution in [2.75, 3.05) is 24.3 Å². The Morgan fingerprint density at radius 3 is 2.87 bits per heavy atom. The van der Waals surface area contributed by atoms with E-state index in [1.807, 2.05) is 18.2 Å². The van der Waals surface area contributed by atoms with Crippen LogP contribution in [0.15, 0.2) is 52.1 Å². The van der Waals surface area contributed by atoms with E-state index in [-0.39, 0.29) is 41.8 Å². The third-order valence-electron chi connectivity index (χ3n) is 4.47. The largest absolute Gasteiger partial charge is 0.485 e. The molecule has 2 aromatic carbocycles. The number of carbonyl (C=O) groups is 2. The number of hydrogen-bond donors (Lipinski definition) is 1. The second kappa shape index (κ2) is 7.71. The maximum absolute atomic E-state index is 12.5. The topological polar surface area (TPSA) is 113 Å². The number of para-hydroxylation sites is 2. The number of nitrogens with zero attached hydrogens (tertiary/aromatic N) is 2. The Morgan fingerprint density at radius 1 is 1.10 bits per heavy atom. The molecule has 0 saturated carbocycles. The molecule has 0 fully saturated rings. The van der Waals surface area contributed by atoms with Crippen LogP contribution in [-0.4, -0.2) is 40.9 Å². The van der Waals surface area contributed by atoms with Crippen molar-refractivity contribution in [2.45, 2.75) is 11.3 Å². The lowest BCUT2D eigenvalue weighted by molar-refractivity contribution is -0.118. The van der Waals surface area contributed by atoms with E-state index in [1.165, 1.54) is 0 Å². The van der Waals surface area contributed by atoms with Crippen molar-refractivity contribution in [2.24, 2.45) is 0 Å². The van der Waals surface area contributed by atoms with Crippen LogP contribution in [-0.2, 0) is 4.79 Å². The van der Waals surface area contributed by atoms with Crippen LogP contribution in [0.3, 0.4) is 0 Å². The second-order valence-electron chi connectivity index (χ2n) is 6.53. The molecule has 152 valence electrons. The monoisotopic (exact) mass is 425 g/mol. The van der Waals surface area contributed by atoms with Gasteiger partial charge < -0.3 is 23.9 Å². The second-order valence-corrected chi connectivity index (χ2v) is 7.46. The van der Waals surface area contributed by atoms with Crippen molar-refractivity contribution in [3.63, 3.8) is 0 Å². The number of hydrogen-bond acceptors (Lipinski definition) is 9. The highest BCUT2D eigenvalue weighted by molar-refractivity contribution is 7.99. The zero-order chi connectivity index (χ0) is 20.5. The zero-order valence-electron chi connectivity index (χ0n) is 15.5. The van der Waals surface area contributed by atoms with Crippen molar-refractivity contribution in [3.8, 4) is 17.2 Å². The molecule has 1 aromatic heterocycles. The molecule has 3 heterocycles. The highest BCUT2D eigenvalue weighted by atomic mass is 32.2. The summed E-state index contributed by atoms with van der Waals surface area (Å²) in [6.07, 6.45) is -0.512. The summed E-state index contributed by atoms with van der Waals surface area (Å²) in [6.45, 7) is 0.224. The Hall–Kier alpha value is -3.53. The maximum atomic E-state index is 12.5. The van der Waals surface area contributed by atoms with E-state index in [1.54, 1.807) is 24.3 Å². The van der Waals surface area contributed by atoms with E-state index in [0.29, 0.717) is 28.5 Å².